The Morgan fingerprint density at radius 1 is 1.19 bits per heavy atom. The normalized spacial score (nSPS) is 10.8. The highest BCUT2D eigenvalue weighted by Gasteiger charge is 2.20. The van der Waals surface area contributed by atoms with Gasteiger partial charge < -0.3 is 9.47 Å². The van der Waals surface area contributed by atoms with E-state index in [1.54, 1.807) is 31.2 Å². The molecule has 0 saturated carbocycles. The van der Waals surface area contributed by atoms with E-state index in [9.17, 15) is 14.4 Å². The number of thiazole rings is 1. The van der Waals surface area contributed by atoms with Crippen LogP contribution in [0.25, 0.3) is 5.69 Å². The largest absolute Gasteiger partial charge is 0.494 e. The molecule has 1 amide bonds. The summed E-state index contributed by atoms with van der Waals surface area (Å²) in [5.41, 5.74) is 0.266. The number of esters is 1. The minimum absolute atomic E-state index is 0.182. The number of aryl methyl sites for hydroxylation is 1. The van der Waals surface area contributed by atoms with Crippen molar-refractivity contribution in [1.29, 1.82) is 0 Å². The van der Waals surface area contributed by atoms with Crippen molar-refractivity contribution in [2.45, 2.75) is 27.7 Å². The highest BCUT2D eigenvalue weighted by Crippen LogP contribution is 2.24. The summed E-state index contributed by atoms with van der Waals surface area (Å²) in [5, 5.41) is 6.90. The van der Waals surface area contributed by atoms with Crippen LogP contribution in [0.5, 0.6) is 5.75 Å². The number of rotatable bonds is 8. The number of aromatic nitrogens is 3. The van der Waals surface area contributed by atoms with Crippen LogP contribution in [0.4, 0.5) is 5.13 Å². The quantitative estimate of drug-likeness (QED) is 0.517. The molecule has 0 aliphatic heterocycles. The van der Waals surface area contributed by atoms with Crippen LogP contribution in [0.15, 0.2) is 41.3 Å². The fraction of sp³-hybridized carbons (Fsp3) is 0.318. The molecule has 0 fully saturated rings. The molecule has 0 saturated heterocycles. The minimum atomic E-state index is -0.717. The van der Waals surface area contributed by atoms with E-state index in [1.807, 2.05) is 20.8 Å². The summed E-state index contributed by atoms with van der Waals surface area (Å²) in [6.07, 6.45) is 1.48. The van der Waals surface area contributed by atoms with Crippen LogP contribution in [0.1, 0.15) is 46.6 Å². The summed E-state index contributed by atoms with van der Waals surface area (Å²) in [7, 11) is 0. The van der Waals surface area contributed by atoms with E-state index < -0.39 is 17.3 Å². The Morgan fingerprint density at radius 2 is 1.91 bits per heavy atom. The van der Waals surface area contributed by atoms with Crippen LogP contribution in [-0.4, -0.2) is 39.9 Å². The lowest BCUT2D eigenvalue weighted by Gasteiger charge is -2.08. The molecule has 2 heterocycles. The standard InChI is InChI=1S/C22H24N4O5S/c1-5-30-16-8-6-15(7-9-16)26-11-10-17(27)18(25-26)20(28)24-22-23-14(4)19(32-22)21(29)31-12-13(2)3/h6-11,13H,5,12H2,1-4H3,(H,23,24,28). The van der Waals surface area contributed by atoms with Gasteiger partial charge in [0, 0.05) is 12.3 Å². The van der Waals surface area contributed by atoms with E-state index in [4.69, 9.17) is 9.47 Å². The molecule has 1 aromatic carbocycles. The molecule has 168 valence electrons. The maximum absolute atomic E-state index is 12.7. The van der Waals surface area contributed by atoms with Gasteiger partial charge in [-0.05, 0) is 44.0 Å². The van der Waals surface area contributed by atoms with E-state index >= 15 is 0 Å². The third kappa shape index (κ3) is 5.58. The Hall–Kier alpha value is -3.53. The van der Waals surface area contributed by atoms with Crippen LogP contribution in [0.2, 0.25) is 0 Å². The van der Waals surface area contributed by atoms with Gasteiger partial charge in [-0.25, -0.2) is 14.5 Å². The fourth-order valence-corrected chi connectivity index (χ4v) is 3.53. The van der Waals surface area contributed by atoms with Crippen molar-refractivity contribution in [3.8, 4) is 11.4 Å². The number of carbonyl (C=O) groups excluding carboxylic acids is 2. The molecule has 9 nitrogen and oxygen atoms in total. The van der Waals surface area contributed by atoms with Gasteiger partial charge in [0.05, 0.1) is 24.6 Å². The second-order valence-electron chi connectivity index (χ2n) is 7.28. The molecular weight excluding hydrogens is 432 g/mol. The second kappa shape index (κ2) is 10.2. The Labute approximate surface area is 189 Å². The number of hydrogen-bond donors (Lipinski definition) is 1. The summed E-state index contributed by atoms with van der Waals surface area (Å²) in [6, 6.07) is 8.35. The molecular formula is C22H24N4O5S. The smallest absolute Gasteiger partial charge is 0.350 e. The van der Waals surface area contributed by atoms with Crippen LogP contribution in [0.3, 0.4) is 0 Å². The van der Waals surface area contributed by atoms with Crippen LogP contribution < -0.4 is 15.5 Å². The zero-order chi connectivity index (χ0) is 23.3. The van der Waals surface area contributed by atoms with Crippen LogP contribution in [-0.2, 0) is 4.74 Å². The molecule has 0 unspecified atom stereocenters. The van der Waals surface area contributed by atoms with Gasteiger partial charge in [-0.1, -0.05) is 25.2 Å². The van der Waals surface area contributed by atoms with E-state index in [2.05, 4.69) is 15.4 Å². The first-order valence-electron chi connectivity index (χ1n) is 10.1. The molecule has 3 aromatic rings. The summed E-state index contributed by atoms with van der Waals surface area (Å²) in [6.45, 7) is 8.25. The molecule has 3 rings (SSSR count). The first-order valence-corrected chi connectivity index (χ1v) is 10.9. The molecule has 0 spiro atoms. The van der Waals surface area contributed by atoms with E-state index in [0.29, 0.717) is 28.6 Å². The summed E-state index contributed by atoms with van der Waals surface area (Å²) in [5.74, 6) is -0.304. The van der Waals surface area contributed by atoms with Gasteiger partial charge in [0.2, 0.25) is 5.43 Å². The fourth-order valence-electron chi connectivity index (χ4n) is 2.67. The summed E-state index contributed by atoms with van der Waals surface area (Å²) < 4.78 is 12.1. The highest BCUT2D eigenvalue weighted by molar-refractivity contribution is 7.17. The van der Waals surface area contributed by atoms with Gasteiger partial charge >= 0.3 is 5.97 Å². The second-order valence-corrected chi connectivity index (χ2v) is 8.28. The third-order valence-electron chi connectivity index (χ3n) is 4.19. The number of amides is 1. The lowest BCUT2D eigenvalue weighted by molar-refractivity contribution is 0.0463. The van der Waals surface area contributed by atoms with Gasteiger partial charge in [-0.3, -0.25) is 14.9 Å². The Kier molecular flexibility index (Phi) is 7.37. The van der Waals surface area contributed by atoms with Gasteiger partial charge in [0.15, 0.2) is 10.8 Å². The third-order valence-corrected chi connectivity index (χ3v) is 5.24. The summed E-state index contributed by atoms with van der Waals surface area (Å²) in [4.78, 5) is 41.7. The van der Waals surface area contributed by atoms with E-state index in [1.165, 1.54) is 16.9 Å². The molecule has 2 aromatic heterocycles. The highest BCUT2D eigenvalue weighted by atomic mass is 32.1. The molecule has 0 radical (unpaired) electrons. The van der Waals surface area contributed by atoms with Gasteiger partial charge in [0.1, 0.15) is 10.6 Å². The Bertz CT molecular complexity index is 1170. The number of carbonyl (C=O) groups is 2. The minimum Gasteiger partial charge on any atom is -0.494 e. The number of hydrogen-bond acceptors (Lipinski definition) is 8. The Balaban J connectivity index is 1.78. The van der Waals surface area contributed by atoms with Gasteiger partial charge in [0.25, 0.3) is 5.91 Å². The van der Waals surface area contributed by atoms with Gasteiger partial charge in [-0.15, -0.1) is 0 Å². The molecule has 0 bridgehead atoms. The number of ether oxygens (including phenoxy) is 2. The van der Waals surface area contributed by atoms with Crippen molar-refractivity contribution in [1.82, 2.24) is 14.8 Å². The SMILES string of the molecule is CCOc1ccc(-n2ccc(=O)c(C(=O)Nc3nc(C)c(C(=O)OCC(C)C)s3)n2)cc1. The van der Waals surface area contributed by atoms with Crippen molar-refractivity contribution in [2.75, 3.05) is 18.5 Å². The monoisotopic (exact) mass is 456 g/mol. The van der Waals surface area contributed by atoms with Crippen molar-refractivity contribution in [3.05, 3.63) is 63.0 Å². The summed E-state index contributed by atoms with van der Waals surface area (Å²) >= 11 is 0.987. The lowest BCUT2D eigenvalue weighted by atomic mass is 10.2. The van der Waals surface area contributed by atoms with Crippen molar-refractivity contribution in [3.63, 3.8) is 0 Å². The molecule has 1 N–H and O–H groups in total. The number of nitrogens with one attached hydrogen (secondary N) is 1. The maximum atomic E-state index is 12.7. The first kappa shape index (κ1) is 23.1. The van der Waals surface area contributed by atoms with Crippen LogP contribution >= 0.6 is 11.3 Å². The van der Waals surface area contributed by atoms with E-state index in [0.717, 1.165) is 11.3 Å². The molecule has 0 atom stereocenters. The maximum Gasteiger partial charge on any atom is 0.350 e. The topological polar surface area (TPSA) is 112 Å². The average Bonchev–Trinajstić information content (AvgIpc) is 3.13. The zero-order valence-electron chi connectivity index (χ0n) is 18.2. The number of benzene rings is 1. The molecule has 0 aliphatic carbocycles. The average molecular weight is 457 g/mol. The number of anilines is 1. The van der Waals surface area contributed by atoms with Gasteiger partial charge in [-0.2, -0.15) is 5.10 Å². The predicted octanol–water partition coefficient (Wildman–Crippen LogP) is 3.46. The molecule has 0 aliphatic rings. The lowest BCUT2D eigenvalue weighted by Crippen LogP contribution is -2.25. The van der Waals surface area contributed by atoms with Crippen molar-refractivity contribution in [2.24, 2.45) is 5.92 Å². The number of nitrogens with zero attached hydrogens (tertiary/aromatic N) is 3. The molecule has 10 heteroatoms. The first-order chi connectivity index (χ1) is 15.3. The Morgan fingerprint density at radius 3 is 2.56 bits per heavy atom. The van der Waals surface area contributed by atoms with Crippen molar-refractivity contribution < 1.29 is 19.1 Å². The van der Waals surface area contributed by atoms with Crippen LogP contribution in [0, 0.1) is 12.8 Å². The van der Waals surface area contributed by atoms with Crippen molar-refractivity contribution >= 4 is 28.3 Å². The van der Waals surface area contributed by atoms with E-state index in [-0.39, 0.29) is 23.4 Å². The predicted molar refractivity (Wildman–Crippen MR) is 121 cm³/mol. The zero-order valence-corrected chi connectivity index (χ0v) is 19.1. The molecule has 32 heavy (non-hydrogen) atoms.